The molecule has 1 aromatic rings. The number of benzene rings is 1. The van der Waals surface area contributed by atoms with Gasteiger partial charge >= 0.3 is 0 Å². The van der Waals surface area contributed by atoms with Gasteiger partial charge in [-0.1, -0.05) is 60.6 Å². The standard InChI is InChI=1S/C30H56O6Si2/c1-22(20-34-37(9,10)29(2,3)4)17-27(36-38(11,12)30(5,6)7)25(18-26-28(19-31)35-26)33-21-23-13-15-24(32-8)16-14-23/h13-16,22,25-28,31H,17-21H2,1-12H3/t22-,25+,26+,27+,28+/m1/s1. The predicted octanol–water partition coefficient (Wildman–Crippen LogP) is 7.17. The van der Waals surface area contributed by atoms with E-state index >= 15 is 0 Å². The van der Waals surface area contributed by atoms with Crippen molar-refractivity contribution in [1.82, 2.24) is 0 Å². The van der Waals surface area contributed by atoms with Gasteiger partial charge in [0, 0.05) is 13.0 Å². The number of ether oxygens (including phenoxy) is 3. The second-order valence-electron chi connectivity index (χ2n) is 14.2. The molecular formula is C30H56O6Si2. The average Bonchev–Trinajstić information content (AvgIpc) is 3.57. The zero-order chi connectivity index (χ0) is 28.9. The summed E-state index contributed by atoms with van der Waals surface area (Å²) in [5.74, 6) is 1.15. The lowest BCUT2D eigenvalue weighted by molar-refractivity contribution is -0.0561. The summed E-state index contributed by atoms with van der Waals surface area (Å²) in [5.41, 5.74) is 1.09. The van der Waals surface area contributed by atoms with Gasteiger partial charge in [0.25, 0.3) is 0 Å². The van der Waals surface area contributed by atoms with Gasteiger partial charge in [-0.3, -0.25) is 0 Å². The largest absolute Gasteiger partial charge is 0.497 e. The Labute approximate surface area is 235 Å². The van der Waals surface area contributed by atoms with E-state index in [1.807, 2.05) is 24.3 Å². The van der Waals surface area contributed by atoms with Gasteiger partial charge in [0.05, 0.1) is 38.6 Å². The molecule has 6 nitrogen and oxygen atoms in total. The number of hydrogen-bond donors (Lipinski definition) is 1. The fourth-order valence-electron chi connectivity index (χ4n) is 3.89. The molecule has 1 aliphatic heterocycles. The van der Waals surface area contributed by atoms with Crippen molar-refractivity contribution in [3.8, 4) is 5.75 Å². The lowest BCUT2D eigenvalue weighted by atomic mass is 9.97. The second kappa shape index (κ2) is 13.3. The van der Waals surface area contributed by atoms with Crippen LogP contribution in [0.1, 0.15) is 66.9 Å². The molecule has 1 aliphatic rings. The Balaban J connectivity index is 2.25. The Kier molecular flexibility index (Phi) is 11.7. The van der Waals surface area contributed by atoms with Crippen molar-refractivity contribution in [2.24, 2.45) is 5.92 Å². The summed E-state index contributed by atoms with van der Waals surface area (Å²) in [6.45, 7) is 26.4. The molecule has 5 atom stereocenters. The van der Waals surface area contributed by atoms with E-state index in [1.165, 1.54) is 0 Å². The van der Waals surface area contributed by atoms with Gasteiger partial charge in [-0.05, 0) is 66.3 Å². The molecule has 1 N–H and O–H groups in total. The minimum absolute atomic E-state index is 0.00479. The summed E-state index contributed by atoms with van der Waals surface area (Å²) >= 11 is 0. The van der Waals surface area contributed by atoms with Gasteiger partial charge in [0.2, 0.25) is 0 Å². The highest BCUT2D eigenvalue weighted by atomic mass is 28.4. The summed E-state index contributed by atoms with van der Waals surface area (Å²) in [4.78, 5) is 0. The Bertz CT molecular complexity index is 844. The fraction of sp³-hybridized carbons (Fsp3) is 0.800. The van der Waals surface area contributed by atoms with Crippen LogP contribution < -0.4 is 4.74 Å². The zero-order valence-corrected chi connectivity index (χ0v) is 28.2. The Morgan fingerprint density at radius 2 is 1.47 bits per heavy atom. The third-order valence-corrected chi connectivity index (χ3v) is 17.8. The molecular weight excluding hydrogens is 512 g/mol. The highest BCUT2D eigenvalue weighted by Gasteiger charge is 2.45. The van der Waals surface area contributed by atoms with E-state index in [-0.39, 0.29) is 41.1 Å². The normalized spacial score (nSPS) is 21.2. The first-order chi connectivity index (χ1) is 17.4. The zero-order valence-electron chi connectivity index (χ0n) is 26.2. The fourth-order valence-corrected chi connectivity index (χ4v) is 6.38. The SMILES string of the molecule is COc1ccc(CO[C@@H](C[C@@H]2O[C@H]2CO)[C@H](C[C@@H](C)CO[Si](C)(C)C(C)(C)C)O[Si](C)(C)C(C)(C)C)cc1. The Morgan fingerprint density at radius 1 is 0.895 bits per heavy atom. The van der Waals surface area contributed by atoms with Crippen molar-refractivity contribution in [3.05, 3.63) is 29.8 Å². The van der Waals surface area contributed by atoms with Crippen molar-refractivity contribution in [2.45, 2.75) is 129 Å². The molecule has 0 saturated carbocycles. The average molecular weight is 569 g/mol. The molecule has 1 saturated heterocycles. The van der Waals surface area contributed by atoms with Crippen LogP contribution in [0.4, 0.5) is 0 Å². The van der Waals surface area contributed by atoms with Crippen LogP contribution >= 0.6 is 0 Å². The van der Waals surface area contributed by atoms with Crippen LogP contribution in [-0.2, 0) is 24.9 Å². The molecule has 0 radical (unpaired) electrons. The number of aliphatic hydroxyl groups excluding tert-OH is 1. The van der Waals surface area contributed by atoms with E-state index in [0.717, 1.165) is 24.3 Å². The highest BCUT2D eigenvalue weighted by Crippen LogP contribution is 2.41. The lowest BCUT2D eigenvalue weighted by Crippen LogP contribution is -2.49. The van der Waals surface area contributed by atoms with Gasteiger partial charge in [0.15, 0.2) is 16.6 Å². The summed E-state index contributed by atoms with van der Waals surface area (Å²) in [5, 5.41) is 9.88. The van der Waals surface area contributed by atoms with Crippen molar-refractivity contribution >= 4 is 16.6 Å². The van der Waals surface area contributed by atoms with Gasteiger partial charge < -0.3 is 28.2 Å². The van der Waals surface area contributed by atoms with Gasteiger partial charge in [0.1, 0.15) is 11.9 Å². The van der Waals surface area contributed by atoms with Crippen molar-refractivity contribution in [1.29, 1.82) is 0 Å². The molecule has 0 aliphatic carbocycles. The molecule has 220 valence electrons. The monoisotopic (exact) mass is 568 g/mol. The Morgan fingerprint density at radius 3 is 1.95 bits per heavy atom. The first-order valence-corrected chi connectivity index (χ1v) is 20.0. The van der Waals surface area contributed by atoms with Crippen LogP contribution in [0.25, 0.3) is 0 Å². The van der Waals surface area contributed by atoms with Crippen LogP contribution in [0.2, 0.25) is 36.3 Å². The maximum Gasteiger partial charge on any atom is 0.192 e. The van der Waals surface area contributed by atoms with E-state index in [4.69, 9.17) is 23.1 Å². The van der Waals surface area contributed by atoms with Crippen LogP contribution in [0.3, 0.4) is 0 Å². The summed E-state index contributed by atoms with van der Waals surface area (Å²) in [7, 11) is -2.25. The van der Waals surface area contributed by atoms with Crippen molar-refractivity contribution in [2.75, 3.05) is 20.3 Å². The molecule has 8 heteroatoms. The maximum atomic E-state index is 9.62. The van der Waals surface area contributed by atoms with Crippen LogP contribution in [0, 0.1) is 5.92 Å². The molecule has 0 aromatic heterocycles. The maximum absolute atomic E-state index is 9.62. The predicted molar refractivity (Wildman–Crippen MR) is 161 cm³/mol. The van der Waals surface area contributed by atoms with Gasteiger partial charge in [-0.15, -0.1) is 0 Å². The van der Waals surface area contributed by atoms with Crippen LogP contribution in [0.15, 0.2) is 24.3 Å². The molecule has 1 aromatic carbocycles. The number of aliphatic hydroxyl groups is 1. The minimum atomic E-state index is -2.08. The molecule has 0 amide bonds. The highest BCUT2D eigenvalue weighted by molar-refractivity contribution is 6.74. The van der Waals surface area contributed by atoms with Crippen molar-refractivity contribution < 1.29 is 28.2 Å². The third-order valence-electron chi connectivity index (χ3n) is 8.79. The molecule has 1 heterocycles. The van der Waals surface area contributed by atoms with E-state index < -0.39 is 16.6 Å². The third kappa shape index (κ3) is 9.71. The molecule has 38 heavy (non-hydrogen) atoms. The van der Waals surface area contributed by atoms with E-state index in [0.29, 0.717) is 18.9 Å². The molecule has 0 bridgehead atoms. The van der Waals surface area contributed by atoms with E-state index in [9.17, 15) is 5.11 Å². The number of hydrogen-bond acceptors (Lipinski definition) is 6. The summed E-state index contributed by atoms with van der Waals surface area (Å²) in [6, 6.07) is 8.01. The van der Waals surface area contributed by atoms with Gasteiger partial charge in [-0.25, -0.2) is 0 Å². The number of methoxy groups -OCH3 is 1. The first kappa shape index (κ1) is 33.5. The quantitative estimate of drug-likeness (QED) is 0.179. The van der Waals surface area contributed by atoms with E-state index in [2.05, 4.69) is 74.7 Å². The lowest BCUT2D eigenvalue weighted by Gasteiger charge is -2.42. The Hall–Kier alpha value is -0.746. The molecule has 1 fully saturated rings. The topological polar surface area (TPSA) is 69.7 Å². The van der Waals surface area contributed by atoms with Crippen LogP contribution in [0.5, 0.6) is 5.75 Å². The van der Waals surface area contributed by atoms with Crippen molar-refractivity contribution in [3.63, 3.8) is 0 Å². The number of rotatable bonds is 15. The molecule has 0 spiro atoms. The number of epoxide rings is 1. The summed E-state index contributed by atoms with van der Waals surface area (Å²) in [6.07, 6.45) is 1.22. The van der Waals surface area contributed by atoms with Crippen LogP contribution in [-0.4, -0.2) is 66.5 Å². The first-order valence-electron chi connectivity index (χ1n) is 14.2. The second-order valence-corrected chi connectivity index (χ2v) is 23.7. The smallest absolute Gasteiger partial charge is 0.192 e. The van der Waals surface area contributed by atoms with E-state index in [1.54, 1.807) is 7.11 Å². The molecule has 0 unspecified atom stereocenters. The van der Waals surface area contributed by atoms with Gasteiger partial charge in [-0.2, -0.15) is 0 Å². The summed E-state index contributed by atoms with van der Waals surface area (Å²) < 4.78 is 31.4. The molecule has 2 rings (SSSR count). The minimum Gasteiger partial charge on any atom is -0.497 e.